The number of imidazole rings is 1. The lowest BCUT2D eigenvalue weighted by Crippen LogP contribution is -2.45. The van der Waals surface area contributed by atoms with Crippen molar-refractivity contribution in [3.8, 4) is 11.4 Å². The zero-order valence-corrected chi connectivity index (χ0v) is 16.6. The second kappa shape index (κ2) is 8.34. The number of nitrogens with zero attached hydrogens (tertiary/aromatic N) is 2. The van der Waals surface area contributed by atoms with Crippen molar-refractivity contribution in [3.05, 3.63) is 83.1 Å². The van der Waals surface area contributed by atoms with Gasteiger partial charge in [0, 0.05) is 35.0 Å². The zero-order valence-electron chi connectivity index (χ0n) is 15.8. The monoisotopic (exact) mass is 419 g/mol. The molecule has 0 aliphatic heterocycles. The number of aromatic amines is 1. The highest BCUT2D eigenvalue weighted by Gasteiger charge is 2.20. The van der Waals surface area contributed by atoms with Gasteiger partial charge in [-0.15, -0.1) is 0 Å². The first kappa shape index (κ1) is 19.6. The number of primary amides is 1. The number of carbonyl (C=O) groups is 2. The molecule has 7 nitrogen and oxygen atoms in total. The van der Waals surface area contributed by atoms with Gasteiger partial charge >= 0.3 is 0 Å². The Balaban J connectivity index is 1.54. The van der Waals surface area contributed by atoms with E-state index in [1.54, 1.807) is 48.8 Å². The summed E-state index contributed by atoms with van der Waals surface area (Å²) in [5, 5.41) is 3.26. The molecule has 2 amide bonds. The molecule has 0 aliphatic rings. The first-order valence-corrected chi connectivity index (χ1v) is 9.62. The van der Waals surface area contributed by atoms with Crippen LogP contribution in [0.3, 0.4) is 0 Å². The van der Waals surface area contributed by atoms with Crippen molar-refractivity contribution in [2.75, 3.05) is 0 Å². The van der Waals surface area contributed by atoms with Crippen molar-refractivity contribution in [1.82, 2.24) is 20.3 Å². The van der Waals surface area contributed by atoms with Crippen molar-refractivity contribution >= 4 is 34.4 Å². The molecule has 0 fully saturated rings. The van der Waals surface area contributed by atoms with Crippen LogP contribution in [0.4, 0.5) is 0 Å². The summed E-state index contributed by atoms with van der Waals surface area (Å²) >= 11 is 5.99. The van der Waals surface area contributed by atoms with Crippen molar-refractivity contribution in [3.63, 3.8) is 0 Å². The molecule has 4 N–H and O–H groups in total. The Morgan fingerprint density at radius 1 is 1.10 bits per heavy atom. The minimum absolute atomic E-state index is 0.250. The fourth-order valence-electron chi connectivity index (χ4n) is 3.16. The normalized spacial score (nSPS) is 11.9. The van der Waals surface area contributed by atoms with Crippen molar-refractivity contribution in [2.24, 2.45) is 5.73 Å². The number of rotatable bonds is 6. The van der Waals surface area contributed by atoms with Gasteiger partial charge < -0.3 is 16.0 Å². The Kier molecular flexibility index (Phi) is 5.45. The van der Waals surface area contributed by atoms with E-state index in [0.717, 1.165) is 16.6 Å². The number of benzene rings is 2. The molecule has 4 rings (SSSR count). The van der Waals surface area contributed by atoms with E-state index in [2.05, 4.69) is 20.3 Å². The maximum Gasteiger partial charge on any atom is 0.252 e. The predicted molar refractivity (Wildman–Crippen MR) is 115 cm³/mol. The number of pyridine rings is 1. The fourth-order valence-corrected chi connectivity index (χ4v) is 3.37. The Morgan fingerprint density at radius 2 is 1.90 bits per heavy atom. The van der Waals surface area contributed by atoms with E-state index >= 15 is 0 Å². The Bertz CT molecular complexity index is 1220. The van der Waals surface area contributed by atoms with E-state index in [4.69, 9.17) is 17.3 Å². The predicted octanol–water partition coefficient (Wildman–Crippen LogP) is 3.10. The fraction of sp³-hybridized carbons (Fsp3) is 0.0909. The molecule has 4 aromatic rings. The molecule has 0 saturated carbocycles. The SMILES string of the molecule is NC(=O)[C@H](Cc1cccc(Cl)c1)NC(=O)c1ccc2nc(-c3ccncc3)[nH]c2c1. The third kappa shape index (κ3) is 4.31. The standard InChI is InChI=1S/C22H18ClN5O2/c23-16-3-1-2-13(10-16)11-19(20(24)29)28-22(30)15-4-5-17-18(12-15)27-21(26-17)14-6-8-25-9-7-14/h1-10,12,19H,11H2,(H2,24,29)(H,26,27)(H,28,30)/t19-/m0/s1. The molecule has 0 bridgehead atoms. The third-order valence-corrected chi connectivity index (χ3v) is 4.91. The largest absolute Gasteiger partial charge is 0.368 e. The van der Waals surface area contributed by atoms with E-state index in [-0.39, 0.29) is 6.42 Å². The lowest BCUT2D eigenvalue weighted by atomic mass is 10.0. The summed E-state index contributed by atoms with van der Waals surface area (Å²) in [6.45, 7) is 0. The van der Waals surface area contributed by atoms with Crippen LogP contribution in [0.5, 0.6) is 0 Å². The number of hydrogen-bond donors (Lipinski definition) is 3. The van der Waals surface area contributed by atoms with Gasteiger partial charge in [-0.2, -0.15) is 0 Å². The smallest absolute Gasteiger partial charge is 0.252 e. The van der Waals surface area contributed by atoms with Gasteiger partial charge in [-0.05, 0) is 48.0 Å². The summed E-state index contributed by atoms with van der Waals surface area (Å²) in [6.07, 6.45) is 3.62. The number of H-pyrrole nitrogens is 1. The highest BCUT2D eigenvalue weighted by atomic mass is 35.5. The number of fused-ring (bicyclic) bond motifs is 1. The van der Waals surface area contributed by atoms with E-state index < -0.39 is 17.9 Å². The van der Waals surface area contributed by atoms with Crippen molar-refractivity contribution < 1.29 is 9.59 Å². The lowest BCUT2D eigenvalue weighted by Gasteiger charge is -2.16. The van der Waals surface area contributed by atoms with Crippen LogP contribution in [0.1, 0.15) is 15.9 Å². The molecule has 0 saturated heterocycles. The molecule has 2 aromatic heterocycles. The first-order valence-electron chi connectivity index (χ1n) is 9.24. The average molecular weight is 420 g/mol. The highest BCUT2D eigenvalue weighted by molar-refractivity contribution is 6.30. The number of aromatic nitrogens is 3. The number of nitrogens with two attached hydrogens (primary N) is 1. The number of nitrogens with one attached hydrogen (secondary N) is 2. The van der Waals surface area contributed by atoms with Gasteiger partial charge in [0.15, 0.2) is 0 Å². The second-order valence-corrected chi connectivity index (χ2v) is 7.25. The zero-order chi connectivity index (χ0) is 21.1. The van der Waals surface area contributed by atoms with Gasteiger partial charge in [-0.25, -0.2) is 4.98 Å². The van der Waals surface area contributed by atoms with Gasteiger partial charge in [0.1, 0.15) is 11.9 Å². The molecule has 1 atom stereocenters. The van der Waals surface area contributed by atoms with E-state index in [0.29, 0.717) is 21.9 Å². The van der Waals surface area contributed by atoms with Crippen LogP contribution in [0.15, 0.2) is 67.0 Å². The van der Waals surface area contributed by atoms with Crippen LogP contribution < -0.4 is 11.1 Å². The van der Waals surface area contributed by atoms with Gasteiger partial charge in [0.2, 0.25) is 5.91 Å². The van der Waals surface area contributed by atoms with E-state index in [9.17, 15) is 9.59 Å². The van der Waals surface area contributed by atoms with E-state index in [1.807, 2.05) is 18.2 Å². The Hall–Kier alpha value is -3.71. The summed E-state index contributed by atoms with van der Waals surface area (Å²) in [4.78, 5) is 36.4. The van der Waals surface area contributed by atoms with Crippen LogP contribution in [0, 0.1) is 0 Å². The summed E-state index contributed by atoms with van der Waals surface area (Å²) in [6, 6.07) is 15.0. The first-order chi connectivity index (χ1) is 14.5. The second-order valence-electron chi connectivity index (χ2n) is 6.82. The van der Waals surface area contributed by atoms with Crippen LogP contribution in [-0.4, -0.2) is 32.8 Å². The third-order valence-electron chi connectivity index (χ3n) is 4.68. The van der Waals surface area contributed by atoms with Crippen LogP contribution in [0.25, 0.3) is 22.4 Å². The molecule has 0 spiro atoms. The minimum atomic E-state index is -0.860. The summed E-state index contributed by atoms with van der Waals surface area (Å²) in [5.41, 5.74) is 9.02. The Morgan fingerprint density at radius 3 is 2.63 bits per heavy atom. The number of amides is 2. The molecular weight excluding hydrogens is 402 g/mol. The molecule has 0 radical (unpaired) electrons. The van der Waals surface area contributed by atoms with Gasteiger partial charge in [0.05, 0.1) is 11.0 Å². The average Bonchev–Trinajstić information content (AvgIpc) is 3.17. The quantitative estimate of drug-likeness (QED) is 0.445. The molecular formula is C22H18ClN5O2. The molecule has 30 heavy (non-hydrogen) atoms. The number of carbonyl (C=O) groups excluding carboxylic acids is 2. The summed E-state index contributed by atoms with van der Waals surface area (Å²) in [5.74, 6) is -0.338. The molecule has 2 heterocycles. The summed E-state index contributed by atoms with van der Waals surface area (Å²) in [7, 11) is 0. The molecule has 0 aliphatic carbocycles. The van der Waals surface area contributed by atoms with Crippen molar-refractivity contribution in [1.29, 1.82) is 0 Å². The van der Waals surface area contributed by atoms with Crippen LogP contribution in [-0.2, 0) is 11.2 Å². The molecule has 0 unspecified atom stereocenters. The number of halogens is 1. The molecule has 150 valence electrons. The maximum atomic E-state index is 12.7. The molecule has 2 aromatic carbocycles. The Labute approximate surface area is 177 Å². The van der Waals surface area contributed by atoms with Crippen molar-refractivity contribution in [2.45, 2.75) is 12.5 Å². The topological polar surface area (TPSA) is 114 Å². The van der Waals surface area contributed by atoms with Crippen LogP contribution in [0.2, 0.25) is 5.02 Å². The van der Waals surface area contributed by atoms with Crippen LogP contribution >= 0.6 is 11.6 Å². The maximum absolute atomic E-state index is 12.7. The minimum Gasteiger partial charge on any atom is -0.368 e. The highest BCUT2D eigenvalue weighted by Crippen LogP contribution is 2.21. The lowest BCUT2D eigenvalue weighted by molar-refractivity contribution is -0.119. The van der Waals surface area contributed by atoms with Gasteiger partial charge in [0.25, 0.3) is 5.91 Å². The summed E-state index contributed by atoms with van der Waals surface area (Å²) < 4.78 is 0. The molecule has 8 heteroatoms. The number of hydrogen-bond acceptors (Lipinski definition) is 4. The van der Waals surface area contributed by atoms with Gasteiger partial charge in [-0.3, -0.25) is 14.6 Å². The van der Waals surface area contributed by atoms with Gasteiger partial charge in [-0.1, -0.05) is 23.7 Å². The van der Waals surface area contributed by atoms with E-state index in [1.165, 1.54) is 0 Å².